The summed E-state index contributed by atoms with van der Waals surface area (Å²) in [5, 5.41) is 0. The minimum absolute atomic E-state index is 0. The molecule has 3 aliphatic rings. The van der Waals surface area contributed by atoms with Gasteiger partial charge in [-0.3, -0.25) is 0 Å². The van der Waals surface area contributed by atoms with Gasteiger partial charge >= 0.3 is 21.1 Å². The van der Waals surface area contributed by atoms with E-state index in [4.69, 9.17) is 0 Å². The number of hydrogen-bond acceptors (Lipinski definition) is 4. The number of rotatable bonds is 6. The maximum absolute atomic E-state index is 3.78. The van der Waals surface area contributed by atoms with Crippen LogP contribution in [0.15, 0.2) is 158 Å². The normalized spacial score (nSPS) is 15.2. The Balaban J connectivity index is 0.00000720. The van der Waals surface area contributed by atoms with E-state index in [2.05, 4.69) is 327 Å². The zero-order valence-electron chi connectivity index (χ0n) is 50.8. The molecule has 0 N–H and O–H groups in total. The van der Waals surface area contributed by atoms with Crippen LogP contribution in [-0.4, -0.2) is 0 Å². The zero-order valence-corrected chi connectivity index (χ0v) is 53.0. The molecule has 0 bridgehead atoms. The largest absolute Gasteiger partial charge is 4.00 e. The second-order valence-electron chi connectivity index (χ2n) is 28.8. The van der Waals surface area contributed by atoms with Gasteiger partial charge in [-0.05, 0) is 112 Å². The van der Waals surface area contributed by atoms with Crippen molar-refractivity contribution in [2.24, 2.45) is 0 Å². The quantitative estimate of drug-likeness (QED) is 0.154. The first-order valence-corrected chi connectivity index (χ1v) is 28.7. The van der Waals surface area contributed by atoms with Crippen molar-refractivity contribution in [3.63, 3.8) is 0 Å². The fraction of sp³-hybridized carbons (Fsp3) is 0.333. The first-order chi connectivity index (χ1) is 37.0. The van der Waals surface area contributed by atoms with Crippen LogP contribution in [0.4, 0.5) is 34.1 Å². The van der Waals surface area contributed by atoms with Gasteiger partial charge in [-0.1, -0.05) is 222 Å². The van der Waals surface area contributed by atoms with Crippen LogP contribution in [0.3, 0.4) is 0 Å². The predicted octanol–water partition coefficient (Wildman–Crippen LogP) is 20.1. The number of nitrogens with zero attached hydrogens (tertiary/aromatic N) is 4. The summed E-state index contributed by atoms with van der Waals surface area (Å²) in [7, 11) is 0. The van der Waals surface area contributed by atoms with Gasteiger partial charge in [0, 0.05) is 33.9 Å². The average Bonchev–Trinajstić information content (AvgIpc) is 4.24. The first-order valence-electron chi connectivity index (χ1n) is 28.7. The molecule has 0 amide bonds. The molecule has 11 rings (SSSR count). The van der Waals surface area contributed by atoms with E-state index in [9.17, 15) is 0 Å². The van der Waals surface area contributed by atoms with E-state index in [-0.39, 0.29) is 53.6 Å². The van der Waals surface area contributed by atoms with Gasteiger partial charge in [0.05, 0.1) is 0 Å². The summed E-state index contributed by atoms with van der Waals surface area (Å²) in [5.41, 5.74) is 23.2. The maximum Gasteiger partial charge on any atom is 4.00 e. The molecule has 0 spiro atoms. The third-order valence-electron chi connectivity index (χ3n) is 16.8. The van der Waals surface area contributed by atoms with Crippen LogP contribution in [0.5, 0.6) is 0 Å². The Morgan fingerprint density at radius 3 is 0.963 bits per heavy atom. The molecule has 8 aromatic carbocycles. The molecule has 412 valence electrons. The zero-order chi connectivity index (χ0) is 56.6. The average molecular weight is 1230 g/mol. The van der Waals surface area contributed by atoms with Gasteiger partial charge in [0.2, 0.25) is 0 Å². The molecule has 0 fully saturated rings. The van der Waals surface area contributed by atoms with Crippen molar-refractivity contribution in [3.05, 3.63) is 228 Å². The summed E-state index contributed by atoms with van der Waals surface area (Å²) in [6.07, 6.45) is 0. The van der Waals surface area contributed by atoms with Gasteiger partial charge in [0.25, 0.3) is 0 Å². The number of benzene rings is 8. The van der Waals surface area contributed by atoms with Crippen molar-refractivity contribution in [1.82, 2.24) is 0 Å². The first kappa shape index (κ1) is 56.9. The van der Waals surface area contributed by atoms with Crippen LogP contribution in [0, 0.1) is 25.5 Å². The van der Waals surface area contributed by atoms with Crippen LogP contribution < -0.4 is 19.6 Å². The SMILES string of the molecule is CC(C)(C)c1cc(C(C)(C)C)c(-c2cc[c-]c(N3[CH-]N(C4(N5[CH-]N(c6[c-]ccc(-c7c(C(C)(C)C)cc(C(C)(C)C)cc7C(C)(C)C)c6)c6ccccc65)c5ccccc5-c5ccccc54)c4ccccc43)c2)c(C(C)(C)C)c1.[Pt+4]. The molecule has 1 aliphatic carbocycles. The van der Waals surface area contributed by atoms with Crippen LogP contribution in [0.2, 0.25) is 0 Å². The molecule has 0 aromatic heterocycles. The second-order valence-corrected chi connectivity index (χ2v) is 28.8. The topological polar surface area (TPSA) is 13.0 Å². The van der Waals surface area contributed by atoms with Crippen molar-refractivity contribution in [1.29, 1.82) is 0 Å². The third kappa shape index (κ3) is 9.54. The second kappa shape index (κ2) is 19.7. The molecule has 2 heterocycles. The van der Waals surface area contributed by atoms with E-state index in [1.54, 1.807) is 0 Å². The molecule has 4 nitrogen and oxygen atoms in total. The Labute approximate surface area is 495 Å². The number of fused-ring (bicyclic) bond motifs is 5. The van der Waals surface area contributed by atoms with E-state index in [1.807, 2.05) is 0 Å². The Kier molecular flexibility index (Phi) is 14.0. The maximum atomic E-state index is 3.78. The van der Waals surface area contributed by atoms with Crippen LogP contribution in [0.25, 0.3) is 33.4 Å². The fourth-order valence-corrected chi connectivity index (χ4v) is 12.6. The molecule has 0 unspecified atom stereocenters. The number of hydrogen-bond donors (Lipinski definition) is 0. The van der Waals surface area contributed by atoms with Gasteiger partial charge in [0.15, 0.2) is 0 Å². The standard InChI is InChI=1S/C75H82N4.Pt/c1-69(2,3)51-43-59(71(7,8)9)67(60(44-51)72(10,11)12)49-29-27-31-53(41-49)76-47-78(65-39-25-23-37-63(65)76)75(57-35-21-19-33-55(57)56-34-20-22-36-58(56)75)79-48-77(64-38-24-26-40-66(64)79)54-32-28-30-50(42-54)68-61(73(13,14)15)45-52(70(4,5)6)46-62(68)74(16,17)18;/h19-30,33-48H,1-18H3;/q-4;+4. The smallest absolute Gasteiger partial charge is 0.494 e. The van der Waals surface area contributed by atoms with E-state index < -0.39 is 5.66 Å². The minimum Gasteiger partial charge on any atom is -0.494 e. The molecule has 0 saturated carbocycles. The summed E-state index contributed by atoms with van der Waals surface area (Å²) >= 11 is 0. The van der Waals surface area contributed by atoms with E-state index in [0.717, 1.165) is 34.1 Å². The molecular formula is C75H82N4Pt. The summed E-state index contributed by atoms with van der Waals surface area (Å²) in [5.74, 6) is 0. The Morgan fingerprint density at radius 2 is 0.650 bits per heavy atom. The van der Waals surface area contributed by atoms with Crippen molar-refractivity contribution >= 4 is 34.1 Å². The van der Waals surface area contributed by atoms with Gasteiger partial charge in [-0.2, -0.15) is 36.4 Å². The fourth-order valence-electron chi connectivity index (χ4n) is 12.6. The van der Waals surface area contributed by atoms with Crippen molar-refractivity contribution in [3.8, 4) is 33.4 Å². The van der Waals surface area contributed by atoms with Crippen LogP contribution in [0.1, 0.15) is 169 Å². The van der Waals surface area contributed by atoms with Crippen molar-refractivity contribution < 1.29 is 21.1 Å². The summed E-state index contributed by atoms with van der Waals surface area (Å²) in [6.45, 7) is 47.1. The molecule has 0 radical (unpaired) electrons. The van der Waals surface area contributed by atoms with Crippen LogP contribution in [-0.2, 0) is 59.2 Å². The summed E-state index contributed by atoms with van der Waals surface area (Å²) in [4.78, 5) is 9.85. The summed E-state index contributed by atoms with van der Waals surface area (Å²) < 4.78 is 0. The Hall–Kier alpha value is -6.35. The molecule has 2 aliphatic heterocycles. The van der Waals surface area contributed by atoms with Gasteiger partial charge < -0.3 is 19.6 Å². The van der Waals surface area contributed by atoms with Gasteiger partial charge in [0.1, 0.15) is 5.66 Å². The molecule has 8 aromatic rings. The number of para-hydroxylation sites is 4. The molecule has 5 heteroatoms. The van der Waals surface area contributed by atoms with E-state index >= 15 is 0 Å². The van der Waals surface area contributed by atoms with Gasteiger partial charge in [-0.15, -0.1) is 48.0 Å². The Bertz CT molecular complexity index is 3360. The monoisotopic (exact) mass is 1230 g/mol. The predicted molar refractivity (Wildman–Crippen MR) is 337 cm³/mol. The molecule has 80 heavy (non-hydrogen) atoms. The van der Waals surface area contributed by atoms with E-state index in [0.29, 0.717) is 0 Å². The number of anilines is 6. The van der Waals surface area contributed by atoms with Gasteiger partial charge in [-0.25, -0.2) is 0 Å². The van der Waals surface area contributed by atoms with Crippen molar-refractivity contribution in [2.75, 3.05) is 19.6 Å². The molecular weight excluding hydrogens is 1150 g/mol. The third-order valence-corrected chi connectivity index (χ3v) is 16.8. The molecule has 0 saturated heterocycles. The summed E-state index contributed by atoms with van der Waals surface area (Å²) in [6, 6.07) is 67.0. The van der Waals surface area contributed by atoms with Crippen LogP contribution >= 0.6 is 0 Å². The Morgan fingerprint density at radius 1 is 0.350 bits per heavy atom. The van der Waals surface area contributed by atoms with E-state index in [1.165, 1.54) is 77.9 Å². The van der Waals surface area contributed by atoms with Crippen molar-refractivity contribution in [2.45, 2.75) is 163 Å². The molecule has 0 atom stereocenters. The minimum atomic E-state index is -0.888.